The summed E-state index contributed by atoms with van der Waals surface area (Å²) in [6, 6.07) is 1.58. The van der Waals surface area contributed by atoms with Crippen molar-refractivity contribution in [2.75, 3.05) is 11.9 Å². The predicted molar refractivity (Wildman–Crippen MR) is 62.1 cm³/mol. The van der Waals surface area contributed by atoms with Gasteiger partial charge in [-0.15, -0.1) is 0 Å². The molecule has 0 unspecified atom stereocenters. The Labute approximate surface area is 105 Å². The fraction of sp³-hybridized carbons (Fsp3) is 0.300. The average Bonchev–Trinajstić information content (AvgIpc) is 2.23. The number of hydrogen-bond acceptors (Lipinski definition) is 1. The second-order valence-electron chi connectivity index (χ2n) is 3.04. The summed E-state index contributed by atoms with van der Waals surface area (Å²) in [4.78, 5) is 11.4. The molecule has 1 N–H and O–H groups in total. The molecule has 1 aromatic carbocycles. The van der Waals surface area contributed by atoms with Crippen LogP contribution in [0.25, 0.3) is 0 Å². The molecule has 0 bridgehead atoms. The van der Waals surface area contributed by atoms with E-state index in [4.69, 9.17) is 11.6 Å². The summed E-state index contributed by atoms with van der Waals surface area (Å²) < 4.78 is 26.3. The molecule has 0 fully saturated rings. The summed E-state index contributed by atoms with van der Waals surface area (Å²) in [5.74, 6) is -2.29. The van der Waals surface area contributed by atoms with Gasteiger partial charge < -0.3 is 5.32 Å². The number of rotatable bonds is 4. The van der Waals surface area contributed by atoms with Crippen molar-refractivity contribution in [2.24, 2.45) is 0 Å². The number of nitrogens with one attached hydrogen (secondary N) is 1. The minimum absolute atomic E-state index is 0.337. The van der Waals surface area contributed by atoms with Crippen LogP contribution in [0.15, 0.2) is 12.1 Å². The van der Waals surface area contributed by atoms with Gasteiger partial charge in [-0.25, -0.2) is 8.78 Å². The molecule has 0 aromatic heterocycles. The Hall–Kier alpha value is -0.680. The summed E-state index contributed by atoms with van der Waals surface area (Å²) in [5, 5.41) is 2.86. The van der Waals surface area contributed by atoms with E-state index in [2.05, 4.69) is 21.2 Å². The molecule has 1 amide bonds. The van der Waals surface area contributed by atoms with Gasteiger partial charge in [0.25, 0.3) is 5.91 Å². The molecule has 0 radical (unpaired) electrons. The van der Waals surface area contributed by atoms with Gasteiger partial charge in [0.1, 0.15) is 11.6 Å². The van der Waals surface area contributed by atoms with Crippen molar-refractivity contribution >= 4 is 33.4 Å². The predicted octanol–water partition coefficient (Wildman–Crippen LogP) is 3.13. The maximum Gasteiger partial charge on any atom is 0.254 e. The molecule has 0 atom stereocenters. The number of amides is 1. The fourth-order valence-corrected chi connectivity index (χ4v) is 1.49. The number of carbonyl (C=O) groups is 1. The van der Waals surface area contributed by atoms with Gasteiger partial charge in [0.05, 0.1) is 10.6 Å². The normalized spacial score (nSPS) is 10.2. The molecule has 1 aromatic rings. The Bertz CT molecular complexity index is 401. The zero-order valence-corrected chi connectivity index (χ0v) is 10.5. The van der Waals surface area contributed by atoms with E-state index in [1.165, 1.54) is 0 Å². The third kappa shape index (κ3) is 3.42. The fourth-order valence-electron chi connectivity index (χ4n) is 1.06. The molecule has 0 saturated heterocycles. The Morgan fingerprint density at radius 1 is 1.38 bits per heavy atom. The van der Waals surface area contributed by atoms with Crippen LogP contribution in [0.2, 0.25) is 5.02 Å². The first kappa shape index (κ1) is 13.4. The minimum Gasteiger partial charge on any atom is -0.352 e. The highest BCUT2D eigenvalue weighted by atomic mass is 79.9. The summed E-state index contributed by atoms with van der Waals surface area (Å²) in [6.07, 6.45) is 0.712. The second-order valence-corrected chi connectivity index (χ2v) is 4.24. The largest absolute Gasteiger partial charge is 0.352 e. The van der Waals surface area contributed by atoms with Gasteiger partial charge in [-0.2, -0.15) is 0 Å². The van der Waals surface area contributed by atoms with E-state index in [0.29, 0.717) is 13.0 Å². The third-order valence-corrected chi connectivity index (χ3v) is 2.70. The molecule has 16 heavy (non-hydrogen) atoms. The maximum absolute atomic E-state index is 13.3. The Kier molecular flexibility index (Phi) is 5.15. The minimum atomic E-state index is -0.831. The summed E-state index contributed by atoms with van der Waals surface area (Å²) >= 11 is 8.55. The zero-order chi connectivity index (χ0) is 12.1. The van der Waals surface area contributed by atoms with Crippen molar-refractivity contribution in [3.05, 3.63) is 34.4 Å². The van der Waals surface area contributed by atoms with Crippen LogP contribution in [0.1, 0.15) is 16.8 Å². The monoisotopic (exact) mass is 311 g/mol. The van der Waals surface area contributed by atoms with E-state index in [-0.39, 0.29) is 10.6 Å². The topological polar surface area (TPSA) is 29.1 Å². The summed E-state index contributed by atoms with van der Waals surface area (Å²) in [6.45, 7) is 0.397. The number of alkyl halides is 1. The lowest BCUT2D eigenvalue weighted by Gasteiger charge is -2.05. The van der Waals surface area contributed by atoms with Crippen molar-refractivity contribution in [2.45, 2.75) is 6.42 Å². The van der Waals surface area contributed by atoms with E-state index in [1.807, 2.05) is 0 Å². The highest BCUT2D eigenvalue weighted by Crippen LogP contribution is 2.19. The number of benzene rings is 1. The van der Waals surface area contributed by atoms with Crippen LogP contribution in [-0.4, -0.2) is 17.8 Å². The lowest BCUT2D eigenvalue weighted by atomic mass is 10.2. The van der Waals surface area contributed by atoms with E-state index >= 15 is 0 Å². The third-order valence-electron chi connectivity index (χ3n) is 1.85. The van der Waals surface area contributed by atoms with Gasteiger partial charge in [-0.1, -0.05) is 27.5 Å². The second kappa shape index (κ2) is 6.15. The smallest absolute Gasteiger partial charge is 0.254 e. The summed E-state index contributed by atoms with van der Waals surface area (Å²) in [5.41, 5.74) is -0.337. The SMILES string of the molecule is O=C(NCCCBr)c1cc(F)c(Cl)cc1F. The van der Waals surface area contributed by atoms with E-state index in [1.54, 1.807) is 0 Å². The molecule has 0 saturated carbocycles. The zero-order valence-electron chi connectivity index (χ0n) is 8.20. The molecule has 0 aliphatic heterocycles. The van der Waals surface area contributed by atoms with E-state index < -0.39 is 17.5 Å². The van der Waals surface area contributed by atoms with Crippen LogP contribution in [0.5, 0.6) is 0 Å². The average molecular weight is 313 g/mol. The highest BCUT2D eigenvalue weighted by molar-refractivity contribution is 9.09. The van der Waals surface area contributed by atoms with E-state index in [0.717, 1.165) is 17.5 Å². The summed E-state index contributed by atoms with van der Waals surface area (Å²) in [7, 11) is 0. The Morgan fingerprint density at radius 3 is 2.69 bits per heavy atom. The Balaban J connectivity index is 2.79. The van der Waals surface area contributed by atoms with Crippen molar-refractivity contribution in [3.63, 3.8) is 0 Å². The van der Waals surface area contributed by atoms with Gasteiger partial charge in [-0.3, -0.25) is 4.79 Å². The first-order valence-corrected chi connectivity index (χ1v) is 6.05. The van der Waals surface area contributed by atoms with Crippen LogP contribution >= 0.6 is 27.5 Å². The van der Waals surface area contributed by atoms with Gasteiger partial charge in [0, 0.05) is 11.9 Å². The van der Waals surface area contributed by atoms with Crippen molar-refractivity contribution < 1.29 is 13.6 Å². The standard InChI is InChI=1S/C10H9BrClF2NO/c11-2-1-3-15-10(16)6-4-9(14)7(12)5-8(6)13/h4-5H,1-3H2,(H,15,16). The molecular weight excluding hydrogens is 303 g/mol. The first-order chi connectivity index (χ1) is 7.56. The van der Waals surface area contributed by atoms with Crippen LogP contribution in [0, 0.1) is 11.6 Å². The van der Waals surface area contributed by atoms with E-state index in [9.17, 15) is 13.6 Å². The van der Waals surface area contributed by atoms with Gasteiger partial charge >= 0.3 is 0 Å². The quantitative estimate of drug-likeness (QED) is 0.516. The molecule has 0 heterocycles. The van der Waals surface area contributed by atoms with Gasteiger partial charge in [0.15, 0.2) is 0 Å². The molecule has 0 aliphatic carbocycles. The molecular formula is C10H9BrClF2NO. The first-order valence-electron chi connectivity index (χ1n) is 4.55. The van der Waals surface area contributed by atoms with Gasteiger partial charge in [-0.05, 0) is 18.6 Å². The van der Waals surface area contributed by atoms with Crippen molar-refractivity contribution in [1.29, 1.82) is 0 Å². The Morgan fingerprint density at radius 2 is 2.06 bits per heavy atom. The lowest BCUT2D eigenvalue weighted by molar-refractivity contribution is 0.0949. The van der Waals surface area contributed by atoms with Crippen LogP contribution < -0.4 is 5.32 Å². The molecule has 2 nitrogen and oxygen atoms in total. The van der Waals surface area contributed by atoms with Gasteiger partial charge in [0.2, 0.25) is 0 Å². The highest BCUT2D eigenvalue weighted by Gasteiger charge is 2.14. The molecule has 1 rings (SSSR count). The molecule has 88 valence electrons. The number of hydrogen-bond donors (Lipinski definition) is 1. The molecule has 0 spiro atoms. The van der Waals surface area contributed by atoms with Crippen LogP contribution in [-0.2, 0) is 0 Å². The molecule has 6 heteroatoms. The lowest BCUT2D eigenvalue weighted by Crippen LogP contribution is -2.25. The molecule has 0 aliphatic rings. The van der Waals surface area contributed by atoms with Crippen molar-refractivity contribution in [3.8, 4) is 0 Å². The van der Waals surface area contributed by atoms with Crippen LogP contribution in [0.3, 0.4) is 0 Å². The van der Waals surface area contributed by atoms with Crippen molar-refractivity contribution in [1.82, 2.24) is 5.32 Å². The maximum atomic E-state index is 13.3. The number of carbonyl (C=O) groups excluding carboxylic acids is 1. The number of halogens is 4. The van der Waals surface area contributed by atoms with Crippen LogP contribution in [0.4, 0.5) is 8.78 Å².